The second-order valence-electron chi connectivity index (χ2n) is 4.82. The van der Waals surface area contributed by atoms with Crippen molar-refractivity contribution >= 4 is 0 Å². The van der Waals surface area contributed by atoms with Crippen LogP contribution >= 0.6 is 0 Å². The molecule has 0 saturated carbocycles. The molecule has 2 rings (SSSR count). The first kappa shape index (κ1) is 12.5. The van der Waals surface area contributed by atoms with Crippen molar-refractivity contribution in [1.29, 1.82) is 0 Å². The lowest BCUT2D eigenvalue weighted by Crippen LogP contribution is -2.22. The molecule has 0 aliphatic carbocycles. The molecule has 1 unspecified atom stereocenters. The first-order valence-electron chi connectivity index (χ1n) is 6.40. The number of nitrogens with zero attached hydrogens (tertiary/aromatic N) is 2. The van der Waals surface area contributed by atoms with Gasteiger partial charge in [-0.05, 0) is 19.3 Å². The molecule has 0 aromatic carbocycles. The first-order chi connectivity index (χ1) is 8.24. The van der Waals surface area contributed by atoms with Gasteiger partial charge in [-0.25, -0.2) is 0 Å². The summed E-state index contributed by atoms with van der Waals surface area (Å²) in [5.41, 5.74) is 0. The van der Waals surface area contributed by atoms with Crippen LogP contribution in [0.15, 0.2) is 4.42 Å². The summed E-state index contributed by atoms with van der Waals surface area (Å²) in [5.74, 6) is 1.35. The average molecular weight is 239 g/mol. The van der Waals surface area contributed by atoms with Gasteiger partial charge in [-0.3, -0.25) is 0 Å². The van der Waals surface area contributed by atoms with Gasteiger partial charge in [0.25, 0.3) is 0 Å². The normalized spacial score (nSPS) is 21.0. The second kappa shape index (κ2) is 6.12. The van der Waals surface area contributed by atoms with Crippen LogP contribution in [0.1, 0.15) is 44.9 Å². The van der Waals surface area contributed by atoms with Crippen LogP contribution in [0.5, 0.6) is 0 Å². The minimum Gasteiger partial charge on any atom is -0.424 e. The minimum atomic E-state index is 0.259. The Balaban J connectivity index is 1.80. The molecule has 17 heavy (non-hydrogen) atoms. The Hall–Kier alpha value is -0.940. The SMILES string of the molecule is CC(C)NCc1nnc(CC2CCCCO2)o1. The molecule has 2 heterocycles. The van der Waals surface area contributed by atoms with Crippen molar-refractivity contribution < 1.29 is 9.15 Å². The number of rotatable bonds is 5. The van der Waals surface area contributed by atoms with Crippen molar-refractivity contribution in [2.45, 2.75) is 58.2 Å². The van der Waals surface area contributed by atoms with E-state index in [9.17, 15) is 0 Å². The van der Waals surface area contributed by atoms with E-state index in [4.69, 9.17) is 9.15 Å². The Labute approximate surface area is 102 Å². The van der Waals surface area contributed by atoms with Gasteiger partial charge in [-0.2, -0.15) is 0 Å². The Morgan fingerprint density at radius 2 is 2.12 bits per heavy atom. The van der Waals surface area contributed by atoms with Crippen LogP contribution in [0, 0.1) is 0 Å². The Bertz CT molecular complexity index is 332. The van der Waals surface area contributed by atoms with E-state index in [0.29, 0.717) is 24.4 Å². The smallest absolute Gasteiger partial charge is 0.230 e. The molecule has 0 amide bonds. The zero-order valence-corrected chi connectivity index (χ0v) is 10.6. The highest BCUT2D eigenvalue weighted by Gasteiger charge is 2.17. The van der Waals surface area contributed by atoms with Gasteiger partial charge in [0.1, 0.15) is 0 Å². The van der Waals surface area contributed by atoms with Gasteiger partial charge in [0.05, 0.1) is 19.1 Å². The zero-order chi connectivity index (χ0) is 12.1. The van der Waals surface area contributed by atoms with Gasteiger partial charge in [-0.1, -0.05) is 13.8 Å². The molecule has 1 aliphatic heterocycles. The van der Waals surface area contributed by atoms with Crippen LogP contribution in [0.25, 0.3) is 0 Å². The number of hydrogen-bond acceptors (Lipinski definition) is 5. The van der Waals surface area contributed by atoms with E-state index in [1.165, 1.54) is 12.8 Å². The van der Waals surface area contributed by atoms with Crippen LogP contribution in [0.2, 0.25) is 0 Å². The summed E-state index contributed by atoms with van der Waals surface area (Å²) in [7, 11) is 0. The molecule has 1 aromatic heterocycles. The highest BCUT2D eigenvalue weighted by Crippen LogP contribution is 2.16. The molecule has 96 valence electrons. The van der Waals surface area contributed by atoms with Crippen molar-refractivity contribution in [1.82, 2.24) is 15.5 Å². The summed E-state index contributed by atoms with van der Waals surface area (Å²) in [4.78, 5) is 0. The maximum atomic E-state index is 5.65. The highest BCUT2D eigenvalue weighted by molar-refractivity contribution is 4.85. The molecule has 5 heteroatoms. The lowest BCUT2D eigenvalue weighted by atomic mass is 10.1. The maximum Gasteiger partial charge on any atom is 0.230 e. The van der Waals surface area contributed by atoms with E-state index in [0.717, 1.165) is 19.4 Å². The molecule has 1 aromatic rings. The third-order valence-electron chi connectivity index (χ3n) is 2.85. The van der Waals surface area contributed by atoms with Crippen LogP contribution in [-0.4, -0.2) is 29.0 Å². The Morgan fingerprint density at radius 3 is 2.82 bits per heavy atom. The van der Waals surface area contributed by atoms with Crippen LogP contribution < -0.4 is 5.32 Å². The summed E-state index contributed by atoms with van der Waals surface area (Å²) >= 11 is 0. The van der Waals surface area contributed by atoms with Crippen LogP contribution in [0.4, 0.5) is 0 Å². The molecule has 0 bridgehead atoms. The summed E-state index contributed by atoms with van der Waals surface area (Å²) in [6.45, 7) is 5.68. The lowest BCUT2D eigenvalue weighted by molar-refractivity contribution is 0.0130. The van der Waals surface area contributed by atoms with E-state index in [-0.39, 0.29) is 6.10 Å². The predicted molar refractivity (Wildman–Crippen MR) is 63.6 cm³/mol. The maximum absolute atomic E-state index is 5.65. The van der Waals surface area contributed by atoms with E-state index < -0.39 is 0 Å². The number of aromatic nitrogens is 2. The quantitative estimate of drug-likeness (QED) is 0.847. The molecule has 1 saturated heterocycles. The largest absolute Gasteiger partial charge is 0.424 e. The van der Waals surface area contributed by atoms with Gasteiger partial charge in [0.2, 0.25) is 11.8 Å². The van der Waals surface area contributed by atoms with Crippen molar-refractivity contribution in [3.05, 3.63) is 11.8 Å². The number of ether oxygens (including phenoxy) is 1. The number of hydrogen-bond donors (Lipinski definition) is 1. The molecular weight excluding hydrogens is 218 g/mol. The Kier molecular flexibility index (Phi) is 4.50. The second-order valence-corrected chi connectivity index (χ2v) is 4.82. The van der Waals surface area contributed by atoms with Gasteiger partial charge >= 0.3 is 0 Å². The van der Waals surface area contributed by atoms with Crippen LogP contribution in [-0.2, 0) is 17.7 Å². The predicted octanol–water partition coefficient (Wildman–Crippen LogP) is 1.68. The fraction of sp³-hybridized carbons (Fsp3) is 0.833. The monoisotopic (exact) mass is 239 g/mol. The highest BCUT2D eigenvalue weighted by atomic mass is 16.5. The molecule has 5 nitrogen and oxygen atoms in total. The van der Waals surface area contributed by atoms with Gasteiger partial charge in [0, 0.05) is 12.6 Å². The van der Waals surface area contributed by atoms with Crippen molar-refractivity contribution in [2.24, 2.45) is 0 Å². The Morgan fingerprint density at radius 1 is 1.29 bits per heavy atom. The van der Waals surface area contributed by atoms with Gasteiger partial charge < -0.3 is 14.5 Å². The van der Waals surface area contributed by atoms with Gasteiger partial charge in [0.15, 0.2) is 0 Å². The molecular formula is C12H21N3O2. The molecule has 0 radical (unpaired) electrons. The summed E-state index contributed by atoms with van der Waals surface area (Å²) in [6.07, 6.45) is 4.51. The lowest BCUT2D eigenvalue weighted by Gasteiger charge is -2.20. The molecule has 1 N–H and O–H groups in total. The van der Waals surface area contributed by atoms with Gasteiger partial charge in [-0.15, -0.1) is 10.2 Å². The van der Waals surface area contributed by atoms with Crippen molar-refractivity contribution in [3.8, 4) is 0 Å². The van der Waals surface area contributed by atoms with E-state index in [1.54, 1.807) is 0 Å². The summed E-state index contributed by atoms with van der Waals surface area (Å²) < 4.78 is 11.2. The fourth-order valence-electron chi connectivity index (χ4n) is 1.90. The topological polar surface area (TPSA) is 60.2 Å². The third kappa shape index (κ3) is 4.09. The van der Waals surface area contributed by atoms with E-state index in [1.807, 2.05) is 0 Å². The summed E-state index contributed by atoms with van der Waals surface area (Å²) in [5, 5.41) is 11.3. The average Bonchev–Trinajstić information content (AvgIpc) is 2.75. The standard InChI is InChI=1S/C12H21N3O2/c1-9(2)13-8-12-15-14-11(17-12)7-10-5-3-4-6-16-10/h9-10,13H,3-8H2,1-2H3. The number of nitrogens with one attached hydrogen (secondary N) is 1. The summed E-state index contributed by atoms with van der Waals surface area (Å²) in [6, 6.07) is 0.423. The van der Waals surface area contributed by atoms with Crippen molar-refractivity contribution in [2.75, 3.05) is 6.61 Å². The molecule has 1 aliphatic rings. The minimum absolute atomic E-state index is 0.259. The molecule has 0 spiro atoms. The molecule has 1 atom stereocenters. The van der Waals surface area contributed by atoms with E-state index >= 15 is 0 Å². The molecule has 1 fully saturated rings. The van der Waals surface area contributed by atoms with E-state index in [2.05, 4.69) is 29.4 Å². The van der Waals surface area contributed by atoms with Crippen LogP contribution in [0.3, 0.4) is 0 Å². The third-order valence-corrected chi connectivity index (χ3v) is 2.85. The first-order valence-corrected chi connectivity index (χ1v) is 6.40. The van der Waals surface area contributed by atoms with Crippen molar-refractivity contribution in [3.63, 3.8) is 0 Å². The fourth-order valence-corrected chi connectivity index (χ4v) is 1.90. The zero-order valence-electron chi connectivity index (χ0n) is 10.6.